The first-order valence-electron chi connectivity index (χ1n) is 5.50. The average molecular weight is 271 g/mol. The third-order valence-electron chi connectivity index (χ3n) is 2.13. The molecule has 1 amide bonds. The topological polar surface area (TPSA) is 49.3 Å². The number of nitrogens with one attached hydrogen (secondary N) is 1. The maximum absolute atomic E-state index is 11.7. The smallest absolute Gasteiger partial charge is 0.252 e. The predicted octanol–water partition coefficient (Wildman–Crippen LogP) is 1.82. The number of thiol groups is 1. The lowest BCUT2D eigenvalue weighted by Gasteiger charge is -2.06. The average Bonchev–Trinajstić information content (AvgIpc) is 2.34. The largest absolute Gasteiger partial charge is 0.396 e. The van der Waals surface area contributed by atoms with Crippen LogP contribution in [0.3, 0.4) is 0 Å². The summed E-state index contributed by atoms with van der Waals surface area (Å²) in [6, 6.07) is 7.24. The number of aliphatic hydroxyl groups excluding tert-OH is 1. The van der Waals surface area contributed by atoms with Crippen molar-refractivity contribution in [2.75, 3.05) is 24.7 Å². The normalized spacial score (nSPS) is 10.2. The molecule has 17 heavy (non-hydrogen) atoms. The zero-order valence-electron chi connectivity index (χ0n) is 9.56. The predicted molar refractivity (Wildman–Crippen MR) is 75.1 cm³/mol. The Bertz CT molecular complexity index is 358. The minimum Gasteiger partial charge on any atom is -0.396 e. The lowest BCUT2D eigenvalue weighted by molar-refractivity contribution is 0.0953. The molecule has 0 aliphatic heterocycles. The van der Waals surface area contributed by atoms with Gasteiger partial charge in [-0.25, -0.2) is 0 Å². The third-order valence-corrected chi connectivity index (χ3v) is 3.59. The Morgan fingerprint density at radius 3 is 2.82 bits per heavy atom. The first-order valence-corrected chi connectivity index (χ1v) is 7.10. The van der Waals surface area contributed by atoms with Crippen LogP contribution in [0.4, 0.5) is 0 Å². The number of carbonyl (C=O) groups excluding carboxylic acids is 1. The number of benzene rings is 1. The number of carbonyl (C=O) groups is 1. The van der Waals surface area contributed by atoms with Crippen LogP contribution in [0.2, 0.25) is 0 Å². The number of hydrogen-bond acceptors (Lipinski definition) is 4. The second-order valence-corrected chi connectivity index (χ2v) is 5.17. The van der Waals surface area contributed by atoms with E-state index in [1.165, 1.54) is 0 Å². The molecule has 94 valence electrons. The van der Waals surface area contributed by atoms with Gasteiger partial charge in [0.2, 0.25) is 0 Å². The molecule has 0 spiro atoms. The molecule has 3 nitrogen and oxygen atoms in total. The summed E-state index contributed by atoms with van der Waals surface area (Å²) < 4.78 is 0. The highest BCUT2D eigenvalue weighted by molar-refractivity contribution is 7.99. The van der Waals surface area contributed by atoms with E-state index in [2.05, 4.69) is 17.9 Å². The number of rotatable bonds is 7. The van der Waals surface area contributed by atoms with E-state index in [0.717, 1.165) is 17.9 Å². The molecule has 0 saturated carbocycles. The van der Waals surface area contributed by atoms with Crippen molar-refractivity contribution in [3.63, 3.8) is 0 Å². The molecule has 0 aromatic heterocycles. The molecule has 5 heteroatoms. The van der Waals surface area contributed by atoms with Gasteiger partial charge in [-0.2, -0.15) is 11.8 Å². The van der Waals surface area contributed by atoms with Gasteiger partial charge in [0.25, 0.3) is 5.91 Å². The van der Waals surface area contributed by atoms with Crippen LogP contribution in [0.1, 0.15) is 16.8 Å². The number of aliphatic hydroxyl groups is 1. The summed E-state index contributed by atoms with van der Waals surface area (Å²) >= 11 is 5.96. The van der Waals surface area contributed by atoms with Gasteiger partial charge in [0, 0.05) is 23.8 Å². The highest BCUT2D eigenvalue weighted by Crippen LogP contribution is 2.12. The summed E-state index contributed by atoms with van der Waals surface area (Å²) in [5.74, 6) is 1.70. The van der Waals surface area contributed by atoms with Crippen LogP contribution in [0.15, 0.2) is 29.2 Å². The van der Waals surface area contributed by atoms with Gasteiger partial charge in [-0.3, -0.25) is 4.79 Å². The van der Waals surface area contributed by atoms with Gasteiger partial charge >= 0.3 is 0 Å². The Balaban J connectivity index is 2.24. The van der Waals surface area contributed by atoms with Gasteiger partial charge in [0.1, 0.15) is 0 Å². The Labute approximate surface area is 111 Å². The van der Waals surface area contributed by atoms with Gasteiger partial charge < -0.3 is 10.4 Å². The maximum atomic E-state index is 11.7. The molecular weight excluding hydrogens is 254 g/mol. The van der Waals surface area contributed by atoms with Crippen molar-refractivity contribution in [1.82, 2.24) is 5.32 Å². The molecule has 1 aromatic rings. The second-order valence-electron chi connectivity index (χ2n) is 3.46. The van der Waals surface area contributed by atoms with Crippen LogP contribution < -0.4 is 5.32 Å². The standard InChI is InChI=1S/C12H17NO2S2/c14-7-3-8-17-9-6-13-12(15)10-4-1-2-5-11(10)16/h1-2,4-5,14,16H,3,6-9H2,(H,13,15). The number of hydrogen-bond donors (Lipinski definition) is 3. The van der Waals surface area contributed by atoms with Crippen LogP contribution in [0, 0.1) is 0 Å². The Morgan fingerprint density at radius 1 is 1.35 bits per heavy atom. The molecule has 0 unspecified atom stereocenters. The molecule has 0 bridgehead atoms. The van der Waals surface area contributed by atoms with Crippen LogP contribution in [-0.4, -0.2) is 35.7 Å². The van der Waals surface area contributed by atoms with E-state index in [4.69, 9.17) is 5.11 Å². The Kier molecular flexibility index (Phi) is 7.16. The van der Waals surface area contributed by atoms with E-state index in [0.29, 0.717) is 17.0 Å². The van der Waals surface area contributed by atoms with Gasteiger partial charge in [-0.1, -0.05) is 12.1 Å². The molecule has 0 atom stereocenters. The maximum Gasteiger partial charge on any atom is 0.252 e. The summed E-state index contributed by atoms with van der Waals surface area (Å²) in [5, 5.41) is 11.4. The third kappa shape index (κ3) is 5.48. The van der Waals surface area contributed by atoms with Crippen molar-refractivity contribution < 1.29 is 9.90 Å². The fourth-order valence-electron chi connectivity index (χ4n) is 1.27. The van der Waals surface area contributed by atoms with E-state index < -0.39 is 0 Å². The summed E-state index contributed by atoms with van der Waals surface area (Å²) in [4.78, 5) is 12.4. The van der Waals surface area contributed by atoms with E-state index >= 15 is 0 Å². The van der Waals surface area contributed by atoms with Gasteiger partial charge in [-0.05, 0) is 24.3 Å². The summed E-state index contributed by atoms with van der Waals surface area (Å²) in [5.41, 5.74) is 0.608. The summed E-state index contributed by atoms with van der Waals surface area (Å²) in [6.45, 7) is 0.865. The SMILES string of the molecule is O=C(NCCSCCCO)c1ccccc1S. The highest BCUT2D eigenvalue weighted by atomic mass is 32.2. The van der Waals surface area contributed by atoms with Crippen molar-refractivity contribution in [1.29, 1.82) is 0 Å². The Morgan fingerprint density at radius 2 is 2.12 bits per heavy atom. The van der Waals surface area contributed by atoms with E-state index in [-0.39, 0.29) is 12.5 Å². The minimum absolute atomic E-state index is 0.0849. The van der Waals surface area contributed by atoms with Crippen molar-refractivity contribution in [3.05, 3.63) is 29.8 Å². The van der Waals surface area contributed by atoms with Gasteiger partial charge in [0.05, 0.1) is 5.56 Å². The number of amides is 1. The first kappa shape index (κ1) is 14.4. The van der Waals surface area contributed by atoms with Crippen LogP contribution in [-0.2, 0) is 0 Å². The van der Waals surface area contributed by atoms with E-state index in [1.54, 1.807) is 23.9 Å². The molecule has 1 aromatic carbocycles. The van der Waals surface area contributed by atoms with Crippen molar-refractivity contribution in [2.24, 2.45) is 0 Å². The quantitative estimate of drug-likeness (QED) is 0.524. The zero-order chi connectivity index (χ0) is 12.5. The van der Waals surface area contributed by atoms with Crippen LogP contribution in [0.5, 0.6) is 0 Å². The van der Waals surface area contributed by atoms with E-state index in [9.17, 15) is 4.79 Å². The molecule has 2 N–H and O–H groups in total. The molecule has 0 heterocycles. The molecule has 0 radical (unpaired) electrons. The summed E-state index contributed by atoms with van der Waals surface area (Å²) in [7, 11) is 0. The lowest BCUT2D eigenvalue weighted by Crippen LogP contribution is -2.26. The molecule has 0 fully saturated rings. The number of thioether (sulfide) groups is 1. The van der Waals surface area contributed by atoms with Crippen LogP contribution >= 0.6 is 24.4 Å². The first-order chi connectivity index (χ1) is 8.25. The molecule has 0 aliphatic rings. The fraction of sp³-hybridized carbons (Fsp3) is 0.417. The van der Waals surface area contributed by atoms with Crippen LogP contribution in [0.25, 0.3) is 0 Å². The Hall–Kier alpha value is -0.650. The van der Waals surface area contributed by atoms with E-state index in [1.807, 2.05) is 12.1 Å². The van der Waals surface area contributed by atoms with Gasteiger partial charge in [0.15, 0.2) is 0 Å². The monoisotopic (exact) mass is 271 g/mol. The highest BCUT2D eigenvalue weighted by Gasteiger charge is 2.07. The van der Waals surface area contributed by atoms with Crippen molar-refractivity contribution >= 4 is 30.3 Å². The second kappa shape index (κ2) is 8.44. The van der Waals surface area contributed by atoms with Gasteiger partial charge in [-0.15, -0.1) is 12.6 Å². The minimum atomic E-state index is -0.0849. The van der Waals surface area contributed by atoms with Crippen molar-refractivity contribution in [3.8, 4) is 0 Å². The molecule has 0 saturated heterocycles. The molecule has 0 aliphatic carbocycles. The zero-order valence-corrected chi connectivity index (χ0v) is 11.3. The molecular formula is C12H17NO2S2. The lowest BCUT2D eigenvalue weighted by atomic mass is 10.2. The summed E-state index contributed by atoms with van der Waals surface area (Å²) in [6.07, 6.45) is 0.804. The van der Waals surface area contributed by atoms with Crippen molar-refractivity contribution in [2.45, 2.75) is 11.3 Å². The molecule has 1 rings (SSSR count). The fourth-order valence-corrected chi connectivity index (χ4v) is 2.31.